The molecule has 0 bridgehead atoms. The lowest BCUT2D eigenvalue weighted by Gasteiger charge is -2.14. The number of carboxylic acids is 1. The summed E-state index contributed by atoms with van der Waals surface area (Å²) in [5, 5.41) is 10.8. The average molecular weight is 259 g/mol. The molecule has 1 atom stereocenters. The fourth-order valence-corrected chi connectivity index (χ4v) is 1.74. The number of aliphatic carboxylic acids is 1. The molecule has 2 N–H and O–H groups in total. The zero-order chi connectivity index (χ0) is 13.8. The molecule has 0 heterocycles. The highest BCUT2D eigenvalue weighted by molar-refractivity contribution is 5.84. The molecule has 106 valence electrons. The topological polar surface area (TPSA) is 75.6 Å². The van der Waals surface area contributed by atoms with E-state index >= 15 is 0 Å². The van der Waals surface area contributed by atoms with Crippen LogP contribution in [-0.4, -0.2) is 36.7 Å². The van der Waals surface area contributed by atoms with E-state index in [9.17, 15) is 9.59 Å². The Kier molecular flexibility index (Phi) is 10.3. The minimum Gasteiger partial charge on any atom is -0.480 e. The number of hydrogen-bond donors (Lipinski definition) is 2. The van der Waals surface area contributed by atoms with E-state index in [1.165, 1.54) is 32.8 Å². The highest BCUT2D eigenvalue weighted by Crippen LogP contribution is 2.10. The Morgan fingerprint density at radius 2 is 1.78 bits per heavy atom. The number of methoxy groups -OCH3 is 1. The Hall–Kier alpha value is -1.10. The summed E-state index contributed by atoms with van der Waals surface area (Å²) in [7, 11) is 1.47. The van der Waals surface area contributed by atoms with Crippen LogP contribution in [-0.2, 0) is 14.3 Å². The first-order valence-corrected chi connectivity index (χ1v) is 6.64. The monoisotopic (exact) mass is 259 g/mol. The normalized spacial score (nSPS) is 12.1. The zero-order valence-corrected chi connectivity index (χ0v) is 11.4. The molecule has 0 rings (SSSR count). The number of rotatable bonds is 11. The predicted molar refractivity (Wildman–Crippen MR) is 69.4 cm³/mol. The lowest BCUT2D eigenvalue weighted by molar-refractivity contribution is -0.140. The van der Waals surface area contributed by atoms with E-state index in [2.05, 4.69) is 12.2 Å². The van der Waals surface area contributed by atoms with Crippen LogP contribution in [0.5, 0.6) is 0 Å². The van der Waals surface area contributed by atoms with Crippen molar-refractivity contribution in [2.75, 3.05) is 13.7 Å². The lowest BCUT2D eigenvalue weighted by Crippen LogP contribution is -2.38. The summed E-state index contributed by atoms with van der Waals surface area (Å²) < 4.78 is 5.07. The fourth-order valence-electron chi connectivity index (χ4n) is 1.74. The van der Waals surface area contributed by atoms with Gasteiger partial charge in [-0.25, -0.2) is 0 Å². The zero-order valence-electron chi connectivity index (χ0n) is 11.4. The number of carboxylic acid groups (broad SMARTS) is 1. The smallest absolute Gasteiger partial charge is 0.322 e. The maximum Gasteiger partial charge on any atom is 0.322 e. The lowest BCUT2D eigenvalue weighted by atomic mass is 10.1. The van der Waals surface area contributed by atoms with Crippen LogP contribution >= 0.6 is 0 Å². The molecule has 0 aliphatic heterocycles. The van der Waals surface area contributed by atoms with Crippen LogP contribution in [0, 0.1) is 0 Å². The first-order valence-electron chi connectivity index (χ1n) is 6.64. The second-order valence-corrected chi connectivity index (χ2v) is 4.39. The van der Waals surface area contributed by atoms with E-state index < -0.39 is 12.1 Å². The summed E-state index contributed by atoms with van der Waals surface area (Å²) in [5.74, 6) is -1.38. The van der Waals surface area contributed by atoms with Gasteiger partial charge in [-0.05, 0) is 6.42 Å². The molecule has 0 aromatic heterocycles. The summed E-state index contributed by atoms with van der Waals surface area (Å²) in [4.78, 5) is 21.9. The molecular weight excluding hydrogens is 234 g/mol. The molecule has 5 heteroatoms. The third-order valence-corrected chi connectivity index (χ3v) is 2.81. The number of carbonyl (C=O) groups excluding carboxylic acids is 1. The van der Waals surface area contributed by atoms with Crippen molar-refractivity contribution in [3.05, 3.63) is 0 Å². The van der Waals surface area contributed by atoms with Gasteiger partial charge in [0.2, 0.25) is 5.91 Å². The number of nitrogens with one attached hydrogen (secondary N) is 1. The summed E-state index contributed by atoms with van der Waals surface area (Å²) in [5.41, 5.74) is 0. The Morgan fingerprint density at radius 3 is 2.33 bits per heavy atom. The Balaban J connectivity index is 3.68. The summed E-state index contributed by atoms with van der Waals surface area (Å²) in [6.45, 7) is 1.82. The van der Waals surface area contributed by atoms with Crippen LogP contribution in [0.15, 0.2) is 0 Å². The van der Waals surface area contributed by atoms with Crippen molar-refractivity contribution in [3.8, 4) is 0 Å². The van der Waals surface area contributed by atoms with Crippen LogP contribution in [0.25, 0.3) is 0 Å². The van der Waals surface area contributed by atoms with Gasteiger partial charge in [-0.15, -0.1) is 0 Å². The highest BCUT2D eigenvalue weighted by atomic mass is 16.5. The van der Waals surface area contributed by atoms with Crippen LogP contribution in [0.4, 0.5) is 0 Å². The van der Waals surface area contributed by atoms with Gasteiger partial charge in [0.05, 0.1) is 0 Å². The molecule has 0 aromatic carbocycles. The quantitative estimate of drug-likeness (QED) is 0.556. The minimum atomic E-state index is -1.04. The second-order valence-electron chi connectivity index (χ2n) is 4.39. The maximum atomic E-state index is 11.5. The van der Waals surface area contributed by atoms with Crippen molar-refractivity contribution in [1.82, 2.24) is 5.32 Å². The molecule has 5 nitrogen and oxygen atoms in total. The van der Waals surface area contributed by atoms with E-state index in [4.69, 9.17) is 9.84 Å². The number of unbranched alkanes of at least 4 members (excludes halogenated alkanes) is 5. The van der Waals surface area contributed by atoms with Gasteiger partial charge in [0.25, 0.3) is 0 Å². The molecule has 0 aliphatic carbocycles. The van der Waals surface area contributed by atoms with Gasteiger partial charge in [-0.2, -0.15) is 0 Å². The maximum absolute atomic E-state index is 11.5. The number of ether oxygens (including phenoxy) is 1. The van der Waals surface area contributed by atoms with E-state index in [-0.39, 0.29) is 12.5 Å². The molecule has 0 saturated carbocycles. The Morgan fingerprint density at radius 1 is 1.17 bits per heavy atom. The van der Waals surface area contributed by atoms with Crippen LogP contribution in [0.1, 0.15) is 51.9 Å². The fraction of sp³-hybridized carbons (Fsp3) is 0.846. The Labute approximate surface area is 109 Å². The molecule has 1 unspecified atom stereocenters. The van der Waals surface area contributed by atoms with Crippen LogP contribution in [0.3, 0.4) is 0 Å². The minimum absolute atomic E-state index is 0.339. The van der Waals surface area contributed by atoms with Gasteiger partial charge in [0, 0.05) is 7.11 Å². The third kappa shape index (κ3) is 8.98. The molecule has 0 saturated heterocycles. The molecule has 0 fully saturated rings. The summed E-state index contributed by atoms with van der Waals surface area (Å²) in [6.07, 6.45) is 7.03. The molecule has 0 radical (unpaired) electrons. The van der Waals surface area contributed by atoms with E-state index in [1.807, 2.05) is 0 Å². The van der Waals surface area contributed by atoms with Crippen molar-refractivity contribution in [2.45, 2.75) is 58.0 Å². The second kappa shape index (κ2) is 11.0. The largest absolute Gasteiger partial charge is 0.480 e. The van der Waals surface area contributed by atoms with Crippen LogP contribution in [0.2, 0.25) is 0 Å². The van der Waals surface area contributed by atoms with Crippen molar-refractivity contribution in [2.24, 2.45) is 0 Å². The van der Waals surface area contributed by atoms with Gasteiger partial charge < -0.3 is 15.2 Å². The third-order valence-electron chi connectivity index (χ3n) is 2.81. The summed E-state index contributed by atoms with van der Waals surface area (Å²) in [6, 6.07) is 0. The number of hydrogen-bond acceptors (Lipinski definition) is 3. The molecule has 0 spiro atoms. The van der Waals surface area contributed by atoms with Crippen molar-refractivity contribution in [3.63, 3.8) is 0 Å². The first-order chi connectivity index (χ1) is 8.61. The predicted octanol–water partition coefficient (Wildman–Crippen LogP) is 1.95. The Bertz CT molecular complexity index is 243. The van der Waals surface area contributed by atoms with E-state index in [1.54, 1.807) is 0 Å². The van der Waals surface area contributed by atoms with Gasteiger partial charge in [-0.3, -0.25) is 9.59 Å². The average Bonchev–Trinajstić information content (AvgIpc) is 2.35. The SMILES string of the molecule is CCCCCCCCC(OC)C(=O)NCC(=O)O. The van der Waals surface area contributed by atoms with Gasteiger partial charge in [0.1, 0.15) is 12.6 Å². The van der Waals surface area contributed by atoms with Crippen LogP contribution < -0.4 is 5.32 Å². The molecule has 18 heavy (non-hydrogen) atoms. The van der Waals surface area contributed by atoms with Crippen molar-refractivity contribution in [1.29, 1.82) is 0 Å². The number of carbonyl (C=O) groups is 2. The highest BCUT2D eigenvalue weighted by Gasteiger charge is 2.17. The summed E-state index contributed by atoms with van der Waals surface area (Å²) >= 11 is 0. The standard InChI is InChI=1S/C13H25NO4/c1-3-4-5-6-7-8-9-11(18-2)13(17)14-10-12(15)16/h11H,3-10H2,1-2H3,(H,14,17)(H,15,16). The van der Waals surface area contributed by atoms with Gasteiger partial charge in [-0.1, -0.05) is 45.4 Å². The molecule has 0 aromatic rings. The van der Waals surface area contributed by atoms with Crippen molar-refractivity contribution >= 4 is 11.9 Å². The molecular formula is C13H25NO4. The molecule has 1 amide bonds. The van der Waals surface area contributed by atoms with E-state index in [0.29, 0.717) is 6.42 Å². The van der Waals surface area contributed by atoms with Gasteiger partial charge >= 0.3 is 5.97 Å². The van der Waals surface area contributed by atoms with E-state index in [0.717, 1.165) is 12.8 Å². The van der Waals surface area contributed by atoms with Gasteiger partial charge in [0.15, 0.2) is 0 Å². The number of amides is 1. The molecule has 0 aliphatic rings. The first kappa shape index (κ1) is 16.9. The van der Waals surface area contributed by atoms with Crippen molar-refractivity contribution < 1.29 is 19.4 Å².